The van der Waals surface area contributed by atoms with E-state index in [-0.39, 0.29) is 18.4 Å². The Hall–Kier alpha value is -1.10. The van der Waals surface area contributed by atoms with E-state index in [2.05, 4.69) is 5.32 Å². The van der Waals surface area contributed by atoms with E-state index in [0.29, 0.717) is 19.2 Å². The third kappa shape index (κ3) is 4.78. The van der Waals surface area contributed by atoms with Crippen molar-refractivity contribution in [2.45, 2.75) is 25.8 Å². The van der Waals surface area contributed by atoms with Gasteiger partial charge in [-0.1, -0.05) is 0 Å². The zero-order valence-corrected chi connectivity index (χ0v) is 9.28. The van der Waals surface area contributed by atoms with Crippen molar-refractivity contribution in [3.8, 4) is 0 Å². The summed E-state index contributed by atoms with van der Waals surface area (Å²) in [5.41, 5.74) is 0. The lowest BCUT2D eigenvalue weighted by atomic mass is 10.4. The first-order valence-electron chi connectivity index (χ1n) is 5.17. The predicted molar refractivity (Wildman–Crippen MR) is 55.3 cm³/mol. The van der Waals surface area contributed by atoms with Crippen LogP contribution in [0.1, 0.15) is 19.8 Å². The SMILES string of the molecule is COCCN(CC(=O)NC1CC1)C(C)=O. The average Bonchev–Trinajstić information content (AvgIpc) is 2.95. The Kier molecular flexibility index (Phi) is 4.55. The molecular formula is C10H18N2O3. The predicted octanol–water partition coefficient (Wildman–Crippen LogP) is -0.240. The lowest BCUT2D eigenvalue weighted by molar-refractivity contribution is -0.135. The second kappa shape index (κ2) is 5.70. The van der Waals surface area contributed by atoms with Gasteiger partial charge in [0.05, 0.1) is 13.2 Å². The average molecular weight is 214 g/mol. The maximum absolute atomic E-state index is 11.4. The summed E-state index contributed by atoms with van der Waals surface area (Å²) in [5, 5.41) is 2.84. The first-order valence-corrected chi connectivity index (χ1v) is 5.17. The molecule has 1 saturated carbocycles. The molecule has 0 aromatic heterocycles. The molecule has 1 aliphatic carbocycles. The zero-order valence-electron chi connectivity index (χ0n) is 9.28. The topological polar surface area (TPSA) is 58.6 Å². The Bertz CT molecular complexity index is 239. The molecule has 0 spiro atoms. The van der Waals surface area contributed by atoms with E-state index in [4.69, 9.17) is 4.74 Å². The van der Waals surface area contributed by atoms with Crippen LogP contribution >= 0.6 is 0 Å². The third-order valence-corrected chi connectivity index (χ3v) is 2.29. The van der Waals surface area contributed by atoms with E-state index in [9.17, 15) is 9.59 Å². The number of nitrogens with zero attached hydrogens (tertiary/aromatic N) is 1. The summed E-state index contributed by atoms with van der Waals surface area (Å²) >= 11 is 0. The van der Waals surface area contributed by atoms with Gasteiger partial charge in [0.15, 0.2) is 0 Å². The third-order valence-electron chi connectivity index (χ3n) is 2.29. The van der Waals surface area contributed by atoms with Crippen molar-refractivity contribution < 1.29 is 14.3 Å². The molecule has 0 aromatic rings. The number of ether oxygens (including phenoxy) is 1. The van der Waals surface area contributed by atoms with Crippen molar-refractivity contribution in [2.75, 3.05) is 26.8 Å². The minimum atomic E-state index is -0.0991. The highest BCUT2D eigenvalue weighted by Gasteiger charge is 2.24. The summed E-state index contributed by atoms with van der Waals surface area (Å²) in [7, 11) is 1.57. The van der Waals surface area contributed by atoms with Crippen molar-refractivity contribution in [1.29, 1.82) is 0 Å². The van der Waals surface area contributed by atoms with E-state index in [1.807, 2.05) is 0 Å². The minimum Gasteiger partial charge on any atom is -0.383 e. The van der Waals surface area contributed by atoms with Crippen LogP contribution in [0.5, 0.6) is 0 Å². The van der Waals surface area contributed by atoms with Crippen LogP contribution in [0.25, 0.3) is 0 Å². The Balaban J connectivity index is 2.28. The van der Waals surface area contributed by atoms with Gasteiger partial charge in [-0.3, -0.25) is 9.59 Å². The largest absolute Gasteiger partial charge is 0.383 e. The van der Waals surface area contributed by atoms with Gasteiger partial charge >= 0.3 is 0 Å². The van der Waals surface area contributed by atoms with Crippen LogP contribution in [0.15, 0.2) is 0 Å². The zero-order chi connectivity index (χ0) is 11.3. The molecule has 86 valence electrons. The summed E-state index contributed by atoms with van der Waals surface area (Å²) in [6.45, 7) is 2.51. The van der Waals surface area contributed by atoms with Gasteiger partial charge < -0.3 is 15.0 Å². The number of methoxy groups -OCH3 is 1. The quantitative estimate of drug-likeness (QED) is 0.664. The number of hydrogen-bond acceptors (Lipinski definition) is 3. The summed E-state index contributed by atoms with van der Waals surface area (Å²) in [6.07, 6.45) is 2.12. The van der Waals surface area contributed by atoms with Gasteiger partial charge in [0, 0.05) is 26.6 Å². The molecule has 1 fully saturated rings. The molecule has 0 saturated heterocycles. The van der Waals surface area contributed by atoms with Crippen molar-refractivity contribution in [1.82, 2.24) is 10.2 Å². The molecule has 0 aromatic carbocycles. The maximum atomic E-state index is 11.4. The summed E-state index contributed by atoms with van der Waals surface area (Å²) in [6, 6.07) is 0.341. The van der Waals surface area contributed by atoms with Crippen molar-refractivity contribution in [2.24, 2.45) is 0 Å². The fraction of sp³-hybridized carbons (Fsp3) is 0.800. The molecule has 0 aliphatic heterocycles. The second-order valence-electron chi connectivity index (χ2n) is 3.78. The molecule has 0 bridgehead atoms. The summed E-state index contributed by atoms with van der Waals surface area (Å²) < 4.78 is 4.87. The molecule has 0 atom stereocenters. The highest BCUT2D eigenvalue weighted by atomic mass is 16.5. The van der Waals surface area contributed by atoms with Crippen molar-refractivity contribution in [3.63, 3.8) is 0 Å². The lowest BCUT2D eigenvalue weighted by Gasteiger charge is -2.19. The van der Waals surface area contributed by atoms with Gasteiger partial charge in [-0.05, 0) is 12.8 Å². The molecule has 1 rings (SSSR count). The van der Waals surface area contributed by atoms with E-state index >= 15 is 0 Å². The summed E-state index contributed by atoms with van der Waals surface area (Å²) in [5.74, 6) is -0.179. The number of carbonyl (C=O) groups is 2. The van der Waals surface area contributed by atoms with E-state index in [1.165, 1.54) is 11.8 Å². The van der Waals surface area contributed by atoms with Crippen molar-refractivity contribution in [3.05, 3.63) is 0 Å². The molecular weight excluding hydrogens is 196 g/mol. The van der Waals surface area contributed by atoms with Gasteiger partial charge in [-0.25, -0.2) is 0 Å². The molecule has 1 aliphatic rings. The Morgan fingerprint density at radius 1 is 1.47 bits per heavy atom. The second-order valence-corrected chi connectivity index (χ2v) is 3.78. The minimum absolute atomic E-state index is 0.0798. The number of hydrogen-bond donors (Lipinski definition) is 1. The smallest absolute Gasteiger partial charge is 0.239 e. The van der Waals surface area contributed by atoms with Gasteiger partial charge in [0.25, 0.3) is 0 Å². The molecule has 2 amide bonds. The number of amides is 2. The number of nitrogens with one attached hydrogen (secondary N) is 1. The van der Waals surface area contributed by atoms with Crippen LogP contribution in [-0.2, 0) is 14.3 Å². The molecule has 0 heterocycles. The highest BCUT2D eigenvalue weighted by molar-refractivity contribution is 5.84. The Labute approximate surface area is 89.8 Å². The highest BCUT2D eigenvalue weighted by Crippen LogP contribution is 2.18. The number of rotatable bonds is 6. The standard InChI is InChI=1S/C10H18N2O3/c1-8(13)12(5-6-15-2)7-10(14)11-9-3-4-9/h9H,3-7H2,1-2H3,(H,11,14). The van der Waals surface area contributed by atoms with Gasteiger partial charge in [-0.2, -0.15) is 0 Å². The molecule has 15 heavy (non-hydrogen) atoms. The van der Waals surface area contributed by atoms with Gasteiger partial charge in [0.2, 0.25) is 11.8 Å². The first-order chi connectivity index (χ1) is 7.13. The lowest BCUT2D eigenvalue weighted by Crippen LogP contribution is -2.41. The fourth-order valence-corrected chi connectivity index (χ4v) is 1.22. The van der Waals surface area contributed by atoms with Crippen LogP contribution in [0.3, 0.4) is 0 Å². The Morgan fingerprint density at radius 3 is 2.60 bits per heavy atom. The van der Waals surface area contributed by atoms with Crippen LogP contribution in [0.2, 0.25) is 0 Å². The van der Waals surface area contributed by atoms with Crippen LogP contribution in [0, 0.1) is 0 Å². The van der Waals surface area contributed by atoms with E-state index in [0.717, 1.165) is 12.8 Å². The molecule has 0 radical (unpaired) electrons. The van der Waals surface area contributed by atoms with Crippen LogP contribution in [0.4, 0.5) is 0 Å². The normalized spacial score (nSPS) is 14.8. The Morgan fingerprint density at radius 2 is 2.13 bits per heavy atom. The molecule has 5 nitrogen and oxygen atoms in total. The molecule has 5 heteroatoms. The van der Waals surface area contributed by atoms with Gasteiger partial charge in [-0.15, -0.1) is 0 Å². The molecule has 1 N–H and O–H groups in total. The van der Waals surface area contributed by atoms with E-state index < -0.39 is 0 Å². The van der Waals surface area contributed by atoms with Crippen LogP contribution < -0.4 is 5.32 Å². The first kappa shape index (κ1) is 12.0. The van der Waals surface area contributed by atoms with Crippen molar-refractivity contribution >= 4 is 11.8 Å². The molecule has 0 unspecified atom stereocenters. The maximum Gasteiger partial charge on any atom is 0.239 e. The number of carbonyl (C=O) groups excluding carboxylic acids is 2. The van der Waals surface area contributed by atoms with E-state index in [1.54, 1.807) is 7.11 Å². The fourth-order valence-electron chi connectivity index (χ4n) is 1.22. The van der Waals surface area contributed by atoms with Gasteiger partial charge in [0.1, 0.15) is 0 Å². The van der Waals surface area contributed by atoms with Crippen LogP contribution in [-0.4, -0.2) is 49.6 Å². The monoisotopic (exact) mass is 214 g/mol. The summed E-state index contributed by atoms with van der Waals surface area (Å²) in [4.78, 5) is 24.1.